The highest BCUT2D eigenvalue weighted by Crippen LogP contribution is 2.50. The van der Waals surface area contributed by atoms with Crippen LogP contribution in [0, 0.1) is 5.92 Å². The van der Waals surface area contributed by atoms with Gasteiger partial charge >= 0.3 is 6.18 Å². The molecule has 0 aromatic heterocycles. The molecule has 0 amide bonds. The second-order valence-corrected chi connectivity index (χ2v) is 7.14. The van der Waals surface area contributed by atoms with E-state index in [2.05, 4.69) is 0 Å². The molecule has 2 aliphatic rings. The Morgan fingerprint density at radius 3 is 2.13 bits per heavy atom. The van der Waals surface area contributed by atoms with E-state index >= 15 is 0 Å². The fraction of sp³-hybridized carbons (Fsp3) is 0.667. The first-order valence-electron chi connectivity index (χ1n) is 8.46. The minimum atomic E-state index is -4.32. The van der Waals surface area contributed by atoms with Crippen molar-refractivity contribution in [2.24, 2.45) is 11.7 Å². The molecule has 3 atom stereocenters. The Morgan fingerprint density at radius 2 is 1.65 bits per heavy atom. The smallest absolute Gasteiger partial charge is 0.392 e. The maximum absolute atomic E-state index is 12.7. The summed E-state index contributed by atoms with van der Waals surface area (Å²) < 4.78 is 38.2. The Labute approximate surface area is 134 Å². The van der Waals surface area contributed by atoms with Gasteiger partial charge in [0.1, 0.15) is 0 Å². The zero-order valence-electron chi connectivity index (χ0n) is 13.1. The molecule has 2 saturated carbocycles. The minimum Gasteiger partial charge on any atom is -0.392 e. The minimum absolute atomic E-state index is 0.00864. The third-order valence-electron chi connectivity index (χ3n) is 5.88. The van der Waals surface area contributed by atoms with Gasteiger partial charge in [-0.25, -0.2) is 0 Å². The van der Waals surface area contributed by atoms with Crippen molar-refractivity contribution < 1.29 is 18.3 Å². The topological polar surface area (TPSA) is 46.2 Å². The number of alkyl halides is 3. The largest absolute Gasteiger partial charge is 0.416 e. The third-order valence-corrected chi connectivity index (χ3v) is 5.88. The molecule has 0 spiro atoms. The van der Waals surface area contributed by atoms with Crippen molar-refractivity contribution in [1.29, 1.82) is 0 Å². The summed E-state index contributed by atoms with van der Waals surface area (Å²) in [6.45, 7) is 0. The van der Waals surface area contributed by atoms with E-state index in [9.17, 15) is 18.3 Å². The zero-order chi connectivity index (χ0) is 16.7. The van der Waals surface area contributed by atoms with Gasteiger partial charge in [-0.05, 0) is 43.4 Å². The van der Waals surface area contributed by atoms with Crippen molar-refractivity contribution in [2.45, 2.75) is 68.7 Å². The molecule has 0 heterocycles. The normalized spacial score (nSPS) is 28.9. The van der Waals surface area contributed by atoms with Crippen molar-refractivity contribution >= 4 is 0 Å². The van der Waals surface area contributed by atoms with Crippen molar-refractivity contribution in [1.82, 2.24) is 0 Å². The second kappa shape index (κ2) is 6.10. The summed E-state index contributed by atoms with van der Waals surface area (Å²) in [7, 11) is 0. The average molecular weight is 327 g/mol. The number of aliphatic hydroxyl groups excluding tert-OH is 1. The summed E-state index contributed by atoms with van der Waals surface area (Å²) in [6.07, 6.45) is 1.75. The van der Waals surface area contributed by atoms with E-state index in [4.69, 9.17) is 5.73 Å². The Bertz CT molecular complexity index is 536. The number of aliphatic hydroxyl groups is 1. The van der Waals surface area contributed by atoms with Crippen LogP contribution in [0.15, 0.2) is 24.3 Å². The Kier molecular flexibility index (Phi) is 4.45. The average Bonchev–Trinajstić information content (AvgIpc) is 2.46. The lowest BCUT2D eigenvalue weighted by Crippen LogP contribution is -2.54. The summed E-state index contributed by atoms with van der Waals surface area (Å²) in [6, 6.07) is 5.33. The number of hydrogen-bond donors (Lipinski definition) is 2. The molecular formula is C18H24F3NO. The second-order valence-electron chi connectivity index (χ2n) is 7.14. The van der Waals surface area contributed by atoms with Gasteiger partial charge in [0.15, 0.2) is 0 Å². The molecule has 0 aliphatic heterocycles. The van der Waals surface area contributed by atoms with Gasteiger partial charge in [0.05, 0.1) is 11.7 Å². The maximum atomic E-state index is 12.7. The molecule has 23 heavy (non-hydrogen) atoms. The molecule has 2 nitrogen and oxygen atoms in total. The summed E-state index contributed by atoms with van der Waals surface area (Å²) >= 11 is 0. The van der Waals surface area contributed by atoms with Gasteiger partial charge in [-0.1, -0.05) is 31.4 Å². The number of halogens is 3. The molecule has 2 aliphatic carbocycles. The molecule has 128 valence electrons. The Balaban J connectivity index is 1.85. The summed E-state index contributed by atoms with van der Waals surface area (Å²) in [5, 5.41) is 11.0. The van der Waals surface area contributed by atoms with Crippen LogP contribution in [-0.2, 0) is 11.6 Å². The van der Waals surface area contributed by atoms with Gasteiger partial charge in [-0.15, -0.1) is 0 Å². The maximum Gasteiger partial charge on any atom is 0.416 e. The lowest BCUT2D eigenvalue weighted by atomic mass is 9.57. The van der Waals surface area contributed by atoms with E-state index in [1.807, 2.05) is 0 Å². The molecule has 1 aromatic carbocycles. The number of benzene rings is 1. The zero-order valence-corrected chi connectivity index (χ0v) is 13.1. The molecule has 0 bridgehead atoms. The van der Waals surface area contributed by atoms with Gasteiger partial charge in [-0.2, -0.15) is 13.2 Å². The highest BCUT2D eigenvalue weighted by atomic mass is 19.4. The van der Waals surface area contributed by atoms with Gasteiger partial charge in [0, 0.05) is 17.4 Å². The van der Waals surface area contributed by atoms with E-state index in [1.54, 1.807) is 12.1 Å². The molecule has 0 radical (unpaired) electrons. The van der Waals surface area contributed by atoms with Gasteiger partial charge in [0.2, 0.25) is 0 Å². The molecule has 3 N–H and O–H groups in total. The predicted octanol–water partition coefficient (Wildman–Crippen LogP) is 4.01. The monoisotopic (exact) mass is 327 g/mol. The lowest BCUT2D eigenvalue weighted by Gasteiger charge is -2.50. The molecule has 5 heteroatoms. The van der Waals surface area contributed by atoms with Crippen LogP contribution in [0.1, 0.15) is 56.1 Å². The van der Waals surface area contributed by atoms with E-state index in [-0.39, 0.29) is 12.0 Å². The van der Waals surface area contributed by atoms with E-state index in [0.717, 1.165) is 62.6 Å². The van der Waals surface area contributed by atoms with Crippen molar-refractivity contribution in [3.05, 3.63) is 35.4 Å². The first-order chi connectivity index (χ1) is 10.8. The fourth-order valence-corrected chi connectivity index (χ4v) is 4.29. The van der Waals surface area contributed by atoms with Gasteiger partial charge in [-0.3, -0.25) is 0 Å². The summed E-state index contributed by atoms with van der Waals surface area (Å²) in [5.41, 5.74) is 5.97. The Hall–Kier alpha value is -1.07. The summed E-state index contributed by atoms with van der Waals surface area (Å²) in [5.74, 6) is 0.0475. The van der Waals surface area contributed by atoms with Crippen LogP contribution in [0.3, 0.4) is 0 Å². The summed E-state index contributed by atoms with van der Waals surface area (Å²) in [4.78, 5) is 0. The first kappa shape index (κ1) is 16.8. The standard InChI is InChI=1S/C18H24F3NO/c19-18(20,21)13-8-6-12(7-9-13)17(10-3-11-17)16(23)14-4-1-2-5-15(14)22/h6-9,14-16,23H,1-5,10-11,22H2. The van der Waals surface area contributed by atoms with Crippen LogP contribution in [0.25, 0.3) is 0 Å². The first-order valence-corrected chi connectivity index (χ1v) is 8.46. The van der Waals surface area contributed by atoms with Crippen LogP contribution in [-0.4, -0.2) is 17.3 Å². The highest BCUT2D eigenvalue weighted by molar-refractivity contribution is 5.34. The van der Waals surface area contributed by atoms with Crippen molar-refractivity contribution in [3.63, 3.8) is 0 Å². The highest BCUT2D eigenvalue weighted by Gasteiger charge is 2.49. The number of hydrogen-bond acceptors (Lipinski definition) is 2. The van der Waals surface area contributed by atoms with Crippen LogP contribution < -0.4 is 5.73 Å². The lowest BCUT2D eigenvalue weighted by molar-refractivity contribution is -0.137. The van der Waals surface area contributed by atoms with Crippen molar-refractivity contribution in [2.75, 3.05) is 0 Å². The SMILES string of the molecule is NC1CCCCC1C(O)C1(c2ccc(C(F)(F)F)cc2)CCC1. The fourth-order valence-electron chi connectivity index (χ4n) is 4.29. The molecule has 3 rings (SSSR count). The number of rotatable bonds is 3. The quantitative estimate of drug-likeness (QED) is 0.881. The van der Waals surface area contributed by atoms with Gasteiger partial charge in [0.25, 0.3) is 0 Å². The van der Waals surface area contributed by atoms with E-state index < -0.39 is 23.3 Å². The Morgan fingerprint density at radius 1 is 1.04 bits per heavy atom. The van der Waals surface area contributed by atoms with Gasteiger partial charge < -0.3 is 10.8 Å². The van der Waals surface area contributed by atoms with Crippen molar-refractivity contribution in [3.8, 4) is 0 Å². The van der Waals surface area contributed by atoms with E-state index in [0.29, 0.717) is 0 Å². The van der Waals surface area contributed by atoms with Crippen LogP contribution in [0.2, 0.25) is 0 Å². The molecule has 1 aromatic rings. The molecule has 0 saturated heterocycles. The third kappa shape index (κ3) is 3.01. The van der Waals surface area contributed by atoms with Crippen LogP contribution >= 0.6 is 0 Å². The van der Waals surface area contributed by atoms with Crippen LogP contribution in [0.5, 0.6) is 0 Å². The van der Waals surface area contributed by atoms with Crippen LogP contribution in [0.4, 0.5) is 13.2 Å². The molecular weight excluding hydrogens is 303 g/mol. The predicted molar refractivity (Wildman–Crippen MR) is 82.9 cm³/mol. The molecule has 2 fully saturated rings. The van der Waals surface area contributed by atoms with E-state index in [1.165, 1.54) is 0 Å². The number of nitrogens with two attached hydrogens (primary N) is 1. The molecule has 3 unspecified atom stereocenters.